The molecule has 3 unspecified atom stereocenters. The van der Waals surface area contributed by atoms with E-state index in [0.717, 1.165) is 16.9 Å². The molecule has 0 radical (unpaired) electrons. The van der Waals surface area contributed by atoms with Crippen LogP contribution in [0.25, 0.3) is 11.3 Å². The molecule has 5 amide bonds. The Morgan fingerprint density at radius 1 is 1.02 bits per heavy atom. The molecule has 4 aliphatic rings. The second-order valence-electron chi connectivity index (χ2n) is 14.2. The van der Waals surface area contributed by atoms with Gasteiger partial charge in [-0.05, 0) is 80.8 Å². The minimum absolute atomic E-state index is 0.0111. The number of halogens is 1. The third kappa shape index (κ3) is 5.81. The van der Waals surface area contributed by atoms with Crippen LogP contribution in [-0.2, 0) is 22.6 Å². The normalized spacial score (nSPS) is 22.4. The summed E-state index contributed by atoms with van der Waals surface area (Å²) in [7, 11) is 1.60. The topological polar surface area (TPSA) is 206 Å². The van der Waals surface area contributed by atoms with Gasteiger partial charge in [-0.25, -0.2) is 14.4 Å². The van der Waals surface area contributed by atoms with Crippen LogP contribution in [0.1, 0.15) is 105 Å². The first kappa shape index (κ1) is 34.6. The standard InChI is InChI=1S/C38H34FN9O6/c1-18-25-14-21(39)5-8-23(25)36(51)46(2)17-28-32(27-16-42-33(41)35(43-27)54-18)30(15-40)48(45-28)22-6-3-19(12-22)11-20-4-7-24-26(13-20)38(53)47(37(24)52)29-9-10-31(49)44-34(29)50/h4-5,7-8,13-14,16,18-19,22,29H,3,6,9-12,17H2,1-2H3,(H2,41,42)(H,44,49,50)/t18-,19?,22?,29?/m1/s1. The van der Waals surface area contributed by atoms with Crippen LogP contribution in [-0.4, -0.2) is 72.2 Å². The zero-order valence-electron chi connectivity index (χ0n) is 29.3. The molecule has 2 aromatic heterocycles. The Morgan fingerprint density at radius 3 is 2.57 bits per heavy atom. The Balaban J connectivity index is 1.07. The van der Waals surface area contributed by atoms with Gasteiger partial charge in [0, 0.05) is 24.6 Å². The molecule has 2 aromatic carbocycles. The maximum absolute atomic E-state index is 14.4. The molecule has 15 nitrogen and oxygen atoms in total. The number of anilines is 1. The second-order valence-corrected chi connectivity index (χ2v) is 14.2. The number of nitrogens with zero attached hydrogens (tertiary/aromatic N) is 7. The van der Waals surface area contributed by atoms with E-state index in [9.17, 15) is 33.6 Å². The molecule has 4 aromatic rings. The van der Waals surface area contributed by atoms with E-state index in [-0.39, 0.29) is 71.1 Å². The van der Waals surface area contributed by atoms with Gasteiger partial charge in [0.2, 0.25) is 11.8 Å². The number of ether oxygens (including phenoxy) is 1. The lowest BCUT2D eigenvalue weighted by Gasteiger charge is -2.27. The van der Waals surface area contributed by atoms with Crippen LogP contribution < -0.4 is 15.8 Å². The molecule has 54 heavy (non-hydrogen) atoms. The van der Waals surface area contributed by atoms with E-state index in [2.05, 4.69) is 21.4 Å². The van der Waals surface area contributed by atoms with Crippen LogP contribution in [0.5, 0.6) is 5.88 Å². The van der Waals surface area contributed by atoms with Gasteiger partial charge in [0.05, 0.1) is 46.9 Å². The van der Waals surface area contributed by atoms with E-state index < -0.39 is 47.5 Å². The Hall–Kier alpha value is -6.50. The van der Waals surface area contributed by atoms with Gasteiger partial charge < -0.3 is 15.4 Å². The molecule has 16 heteroatoms. The van der Waals surface area contributed by atoms with Gasteiger partial charge in [-0.1, -0.05) is 6.07 Å². The second kappa shape index (κ2) is 13.2. The van der Waals surface area contributed by atoms with Crippen LogP contribution >= 0.6 is 0 Å². The molecule has 2 fully saturated rings. The lowest BCUT2D eigenvalue weighted by Crippen LogP contribution is -2.54. The molecule has 1 saturated heterocycles. The quantitative estimate of drug-likeness (QED) is 0.290. The summed E-state index contributed by atoms with van der Waals surface area (Å²) in [5.74, 6) is -3.05. The third-order valence-corrected chi connectivity index (χ3v) is 10.7. The summed E-state index contributed by atoms with van der Waals surface area (Å²) in [4.78, 5) is 75.8. The first-order chi connectivity index (χ1) is 25.9. The largest absolute Gasteiger partial charge is 0.467 e. The summed E-state index contributed by atoms with van der Waals surface area (Å²) >= 11 is 0. The maximum Gasteiger partial charge on any atom is 0.262 e. The number of nitrogen functional groups attached to an aromatic ring is 1. The minimum atomic E-state index is -1.04. The van der Waals surface area contributed by atoms with Crippen molar-refractivity contribution in [1.29, 1.82) is 5.26 Å². The lowest BCUT2D eigenvalue weighted by atomic mass is 9.95. The number of piperidine rings is 1. The maximum atomic E-state index is 14.4. The first-order valence-corrected chi connectivity index (χ1v) is 17.6. The fourth-order valence-corrected chi connectivity index (χ4v) is 8.05. The monoisotopic (exact) mass is 731 g/mol. The molecule has 5 heterocycles. The first-order valence-electron chi connectivity index (χ1n) is 17.6. The third-order valence-electron chi connectivity index (χ3n) is 10.7. The molecule has 274 valence electrons. The Bertz CT molecular complexity index is 2350. The number of hydrogen-bond donors (Lipinski definition) is 2. The van der Waals surface area contributed by atoms with Gasteiger partial charge in [-0.3, -0.25) is 38.9 Å². The molecule has 4 atom stereocenters. The molecule has 3 aliphatic heterocycles. The van der Waals surface area contributed by atoms with Gasteiger partial charge in [0.1, 0.15) is 29.7 Å². The van der Waals surface area contributed by atoms with E-state index in [4.69, 9.17) is 15.6 Å². The minimum Gasteiger partial charge on any atom is -0.467 e. The van der Waals surface area contributed by atoms with Crippen molar-refractivity contribution in [2.24, 2.45) is 5.92 Å². The molecule has 2 bridgehead atoms. The SMILES string of the molecule is C[C@H]1Oc2nc(cnc2N)-c2c(nn(C3CCC(Cc4ccc5c(c4)C(=O)N(C4CCC(=O)NC4=O)C5=O)C3)c2C#N)CN(C)C(=O)c2ccc(F)cc21. The molecule has 0 spiro atoms. The zero-order chi connectivity index (χ0) is 38.0. The number of fused-ring (bicyclic) bond motifs is 6. The van der Waals surface area contributed by atoms with Crippen LogP contribution in [0.15, 0.2) is 42.6 Å². The summed E-state index contributed by atoms with van der Waals surface area (Å²) in [5.41, 5.74) is 9.31. The van der Waals surface area contributed by atoms with Gasteiger partial charge >= 0.3 is 0 Å². The Morgan fingerprint density at radius 2 is 1.80 bits per heavy atom. The fourth-order valence-electron chi connectivity index (χ4n) is 8.05. The van der Waals surface area contributed by atoms with E-state index in [1.54, 1.807) is 30.8 Å². The van der Waals surface area contributed by atoms with Crippen molar-refractivity contribution in [3.8, 4) is 23.2 Å². The Kier molecular flexibility index (Phi) is 8.43. The van der Waals surface area contributed by atoms with Crippen molar-refractivity contribution < 1.29 is 33.1 Å². The highest BCUT2D eigenvalue weighted by Gasteiger charge is 2.45. The van der Waals surface area contributed by atoms with E-state index >= 15 is 0 Å². The molecule has 1 aliphatic carbocycles. The van der Waals surface area contributed by atoms with Crippen molar-refractivity contribution >= 4 is 35.4 Å². The molecule has 8 rings (SSSR count). The van der Waals surface area contributed by atoms with Crippen LogP contribution in [0.2, 0.25) is 0 Å². The van der Waals surface area contributed by atoms with Gasteiger partial charge in [0.25, 0.3) is 23.6 Å². The number of rotatable bonds is 4. The van der Waals surface area contributed by atoms with E-state index in [1.807, 2.05) is 6.07 Å². The summed E-state index contributed by atoms with van der Waals surface area (Å²) in [6.07, 6.45) is 3.45. The number of nitrogens with two attached hydrogens (primary N) is 1. The van der Waals surface area contributed by atoms with Crippen LogP contribution in [0.3, 0.4) is 0 Å². The number of benzene rings is 2. The number of carbonyl (C=O) groups excluding carboxylic acids is 5. The molecule has 1 saturated carbocycles. The van der Waals surface area contributed by atoms with Gasteiger partial charge in [0.15, 0.2) is 5.82 Å². The molecular formula is C38H34FN9O6. The molecule has 3 N–H and O–H groups in total. The number of hydrogen-bond acceptors (Lipinski definition) is 11. The summed E-state index contributed by atoms with van der Waals surface area (Å²) in [6.45, 7) is 1.67. The number of aromatic nitrogens is 4. The van der Waals surface area contributed by atoms with Gasteiger partial charge in [-0.2, -0.15) is 10.4 Å². The van der Waals surface area contributed by atoms with Crippen LogP contribution in [0.4, 0.5) is 10.2 Å². The molecular weight excluding hydrogens is 697 g/mol. The highest BCUT2D eigenvalue weighted by Crippen LogP contribution is 2.41. The lowest BCUT2D eigenvalue weighted by molar-refractivity contribution is -0.136. The number of nitrogens with one attached hydrogen (secondary N) is 1. The summed E-state index contributed by atoms with van der Waals surface area (Å²) < 4.78 is 22.1. The number of amides is 5. The zero-order valence-corrected chi connectivity index (χ0v) is 29.3. The summed E-state index contributed by atoms with van der Waals surface area (Å²) in [6, 6.07) is 10.1. The number of nitriles is 1. The van der Waals surface area contributed by atoms with E-state index in [1.165, 1.54) is 29.3 Å². The van der Waals surface area contributed by atoms with E-state index in [0.29, 0.717) is 36.1 Å². The van der Waals surface area contributed by atoms with Crippen LogP contribution in [0, 0.1) is 23.1 Å². The Labute approximate surface area is 307 Å². The predicted octanol–water partition coefficient (Wildman–Crippen LogP) is 3.64. The smallest absolute Gasteiger partial charge is 0.262 e. The average molecular weight is 732 g/mol. The highest BCUT2D eigenvalue weighted by atomic mass is 19.1. The van der Waals surface area contributed by atoms with Crippen molar-refractivity contribution in [3.63, 3.8) is 0 Å². The highest BCUT2D eigenvalue weighted by molar-refractivity contribution is 6.23. The van der Waals surface area contributed by atoms with Crippen molar-refractivity contribution in [1.82, 2.24) is 34.9 Å². The number of carbonyl (C=O) groups is 5. The average Bonchev–Trinajstić information content (AvgIpc) is 3.82. The van der Waals surface area contributed by atoms with Crippen molar-refractivity contribution in [2.75, 3.05) is 12.8 Å². The number of imide groups is 2. The van der Waals surface area contributed by atoms with Crippen molar-refractivity contribution in [3.05, 3.63) is 87.6 Å². The fraction of sp³-hybridized carbons (Fsp3) is 0.342. The summed E-state index contributed by atoms with van der Waals surface area (Å²) in [5, 5.41) is 17.7. The predicted molar refractivity (Wildman–Crippen MR) is 187 cm³/mol. The van der Waals surface area contributed by atoms with Crippen molar-refractivity contribution in [2.45, 2.75) is 70.2 Å². The van der Waals surface area contributed by atoms with Gasteiger partial charge in [-0.15, -0.1) is 0 Å².